The van der Waals surface area contributed by atoms with E-state index in [0.29, 0.717) is 24.4 Å². The summed E-state index contributed by atoms with van der Waals surface area (Å²) < 4.78 is 5.34. The van der Waals surface area contributed by atoms with Crippen LogP contribution in [-0.4, -0.2) is 19.1 Å². The highest BCUT2D eigenvalue weighted by atomic mass is 35.5. The predicted octanol–water partition coefficient (Wildman–Crippen LogP) is 3.20. The Labute approximate surface area is 150 Å². The first-order valence-electron chi connectivity index (χ1n) is 8.75. The van der Waals surface area contributed by atoms with Gasteiger partial charge in [0.1, 0.15) is 5.75 Å². The van der Waals surface area contributed by atoms with E-state index in [0.717, 1.165) is 29.7 Å². The summed E-state index contributed by atoms with van der Waals surface area (Å²) in [5.41, 5.74) is 8.50. The molecule has 2 aliphatic rings. The molecule has 1 amide bonds. The van der Waals surface area contributed by atoms with Gasteiger partial charge in [0.15, 0.2) is 0 Å². The number of ether oxygens (including phenoxy) is 1. The van der Waals surface area contributed by atoms with E-state index in [-0.39, 0.29) is 24.2 Å². The van der Waals surface area contributed by atoms with Crippen LogP contribution in [0.5, 0.6) is 5.75 Å². The molecule has 1 aromatic carbocycles. The van der Waals surface area contributed by atoms with Crippen LogP contribution in [0.4, 0.5) is 0 Å². The molecule has 24 heavy (non-hydrogen) atoms. The molecule has 0 radical (unpaired) electrons. The summed E-state index contributed by atoms with van der Waals surface area (Å²) in [6.45, 7) is 2.58. The van der Waals surface area contributed by atoms with Crippen molar-refractivity contribution in [3.63, 3.8) is 0 Å². The standard InChI is InChI=1S/C19H28N2O2.ClH/c1-12-6-7-13(8-17(12)23-2)11-21-19(22)16-9-14-4-3-5-15(10-16)18(14)20;/h6-8,14-16,18H,3-5,9-11,20H2,1-2H3,(H,21,22);1H. The largest absolute Gasteiger partial charge is 0.496 e. The highest BCUT2D eigenvalue weighted by Gasteiger charge is 2.40. The van der Waals surface area contributed by atoms with E-state index in [4.69, 9.17) is 10.5 Å². The van der Waals surface area contributed by atoms with E-state index < -0.39 is 0 Å². The van der Waals surface area contributed by atoms with Gasteiger partial charge in [-0.2, -0.15) is 0 Å². The number of halogens is 1. The lowest BCUT2D eigenvalue weighted by atomic mass is 9.65. The molecule has 2 saturated carbocycles. The van der Waals surface area contributed by atoms with Crippen molar-refractivity contribution in [3.05, 3.63) is 29.3 Å². The number of nitrogens with one attached hydrogen (secondary N) is 1. The Balaban J connectivity index is 0.00000208. The van der Waals surface area contributed by atoms with E-state index in [1.807, 2.05) is 25.1 Å². The highest BCUT2D eigenvalue weighted by molar-refractivity contribution is 5.85. The van der Waals surface area contributed by atoms with Gasteiger partial charge >= 0.3 is 0 Å². The van der Waals surface area contributed by atoms with Crippen LogP contribution in [0.25, 0.3) is 0 Å². The lowest BCUT2D eigenvalue weighted by Gasteiger charge is -2.43. The van der Waals surface area contributed by atoms with Crippen LogP contribution in [0.2, 0.25) is 0 Å². The van der Waals surface area contributed by atoms with Crippen LogP contribution in [0.15, 0.2) is 18.2 Å². The maximum Gasteiger partial charge on any atom is 0.223 e. The second-order valence-corrected chi connectivity index (χ2v) is 7.22. The minimum atomic E-state index is 0. The second kappa shape index (κ2) is 8.21. The summed E-state index contributed by atoms with van der Waals surface area (Å²) in [4.78, 5) is 12.5. The monoisotopic (exact) mass is 352 g/mol. The topological polar surface area (TPSA) is 64.3 Å². The van der Waals surface area contributed by atoms with Crippen molar-refractivity contribution in [1.82, 2.24) is 5.32 Å². The molecule has 0 aromatic heterocycles. The fourth-order valence-corrected chi connectivity index (χ4v) is 4.31. The van der Waals surface area contributed by atoms with Crippen molar-refractivity contribution < 1.29 is 9.53 Å². The number of fused-ring (bicyclic) bond motifs is 2. The predicted molar refractivity (Wildman–Crippen MR) is 98.4 cm³/mol. The fraction of sp³-hybridized carbons (Fsp3) is 0.632. The molecule has 0 aliphatic heterocycles. The summed E-state index contributed by atoms with van der Waals surface area (Å²) in [5.74, 6) is 2.27. The molecule has 1 aromatic rings. The molecule has 0 saturated heterocycles. The Morgan fingerprint density at radius 3 is 2.58 bits per heavy atom. The quantitative estimate of drug-likeness (QED) is 0.874. The van der Waals surface area contributed by atoms with E-state index in [9.17, 15) is 4.79 Å². The van der Waals surface area contributed by atoms with Crippen molar-refractivity contribution in [1.29, 1.82) is 0 Å². The van der Waals surface area contributed by atoms with Crippen molar-refractivity contribution in [2.24, 2.45) is 23.5 Å². The molecule has 2 unspecified atom stereocenters. The molecule has 3 N–H and O–H groups in total. The van der Waals surface area contributed by atoms with Crippen LogP contribution in [-0.2, 0) is 11.3 Å². The maximum absolute atomic E-state index is 12.5. The number of nitrogens with two attached hydrogens (primary N) is 1. The Morgan fingerprint density at radius 1 is 1.29 bits per heavy atom. The summed E-state index contributed by atoms with van der Waals surface area (Å²) in [6.07, 6.45) is 5.58. The number of hydrogen-bond donors (Lipinski definition) is 2. The number of carbonyl (C=O) groups excluding carboxylic acids is 1. The lowest BCUT2D eigenvalue weighted by molar-refractivity contribution is -0.128. The molecule has 2 aliphatic carbocycles. The normalized spacial score (nSPS) is 28.6. The minimum absolute atomic E-state index is 0. The van der Waals surface area contributed by atoms with Crippen LogP contribution in [0, 0.1) is 24.7 Å². The molecule has 5 heteroatoms. The number of amides is 1. The van der Waals surface area contributed by atoms with Gasteiger partial charge in [-0.25, -0.2) is 0 Å². The maximum atomic E-state index is 12.5. The molecule has 2 atom stereocenters. The molecule has 4 nitrogen and oxygen atoms in total. The van der Waals surface area contributed by atoms with Gasteiger partial charge in [0.05, 0.1) is 7.11 Å². The third kappa shape index (κ3) is 4.04. The summed E-state index contributed by atoms with van der Waals surface area (Å²) in [5, 5.41) is 3.11. The van der Waals surface area contributed by atoms with Gasteiger partial charge in [-0.15, -0.1) is 12.4 Å². The van der Waals surface area contributed by atoms with Gasteiger partial charge in [0.2, 0.25) is 5.91 Å². The Morgan fingerprint density at radius 2 is 1.96 bits per heavy atom. The number of aryl methyl sites for hydroxylation is 1. The molecular weight excluding hydrogens is 324 g/mol. The van der Waals surface area contributed by atoms with Gasteiger partial charge in [-0.3, -0.25) is 4.79 Å². The third-order valence-electron chi connectivity index (χ3n) is 5.72. The summed E-state index contributed by atoms with van der Waals surface area (Å²) in [6, 6.07) is 6.39. The van der Waals surface area contributed by atoms with Crippen molar-refractivity contribution in [2.75, 3.05) is 7.11 Å². The molecule has 134 valence electrons. The summed E-state index contributed by atoms with van der Waals surface area (Å²) in [7, 11) is 1.68. The van der Waals surface area contributed by atoms with Crippen LogP contribution >= 0.6 is 12.4 Å². The first-order valence-corrected chi connectivity index (χ1v) is 8.75. The molecule has 0 spiro atoms. The van der Waals surface area contributed by atoms with Crippen molar-refractivity contribution >= 4 is 18.3 Å². The lowest BCUT2D eigenvalue weighted by Crippen LogP contribution is -2.49. The number of hydrogen-bond acceptors (Lipinski definition) is 3. The second-order valence-electron chi connectivity index (χ2n) is 7.22. The first kappa shape index (κ1) is 19.1. The Hall–Kier alpha value is -1.26. The summed E-state index contributed by atoms with van der Waals surface area (Å²) >= 11 is 0. The number of rotatable bonds is 4. The number of benzene rings is 1. The van der Waals surface area contributed by atoms with Gasteiger partial charge < -0.3 is 15.8 Å². The molecule has 3 rings (SSSR count). The Kier molecular flexibility index (Phi) is 6.53. The Bertz CT molecular complexity index is 564. The highest BCUT2D eigenvalue weighted by Crippen LogP contribution is 2.41. The zero-order valence-corrected chi connectivity index (χ0v) is 15.4. The van der Waals surface area contributed by atoms with Gasteiger partial charge in [-0.1, -0.05) is 18.6 Å². The van der Waals surface area contributed by atoms with Crippen LogP contribution in [0.1, 0.15) is 43.2 Å². The molecule has 2 bridgehead atoms. The first-order chi connectivity index (χ1) is 11.1. The average Bonchev–Trinajstić information content (AvgIpc) is 2.53. The number of carbonyl (C=O) groups is 1. The van der Waals surface area contributed by atoms with E-state index in [2.05, 4.69) is 5.32 Å². The van der Waals surface area contributed by atoms with Crippen molar-refractivity contribution in [2.45, 2.75) is 51.6 Å². The SMILES string of the molecule is COc1cc(CNC(=O)C2CC3CCCC(C2)C3N)ccc1C.Cl. The number of methoxy groups -OCH3 is 1. The zero-order valence-electron chi connectivity index (χ0n) is 14.6. The van der Waals surface area contributed by atoms with Gasteiger partial charge in [0.25, 0.3) is 0 Å². The molecule has 2 fully saturated rings. The van der Waals surface area contributed by atoms with E-state index >= 15 is 0 Å². The minimum Gasteiger partial charge on any atom is -0.496 e. The molecule has 0 heterocycles. The van der Waals surface area contributed by atoms with Crippen LogP contribution in [0.3, 0.4) is 0 Å². The third-order valence-corrected chi connectivity index (χ3v) is 5.72. The fourth-order valence-electron chi connectivity index (χ4n) is 4.31. The zero-order chi connectivity index (χ0) is 16.4. The van der Waals surface area contributed by atoms with Crippen molar-refractivity contribution in [3.8, 4) is 5.75 Å². The van der Waals surface area contributed by atoms with Gasteiger partial charge in [0, 0.05) is 18.5 Å². The van der Waals surface area contributed by atoms with Crippen LogP contribution < -0.4 is 15.8 Å². The average molecular weight is 353 g/mol. The smallest absolute Gasteiger partial charge is 0.223 e. The van der Waals surface area contributed by atoms with E-state index in [1.54, 1.807) is 7.11 Å². The molecular formula is C19H29ClN2O2. The van der Waals surface area contributed by atoms with Gasteiger partial charge in [-0.05, 0) is 61.6 Å². The van der Waals surface area contributed by atoms with E-state index in [1.165, 1.54) is 19.3 Å².